The van der Waals surface area contributed by atoms with Crippen molar-refractivity contribution in [3.05, 3.63) is 29.3 Å². The van der Waals surface area contributed by atoms with E-state index in [-0.39, 0.29) is 6.04 Å². The zero-order valence-corrected chi connectivity index (χ0v) is 10.1. The van der Waals surface area contributed by atoms with E-state index in [0.29, 0.717) is 5.92 Å². The molecule has 2 unspecified atom stereocenters. The van der Waals surface area contributed by atoms with Gasteiger partial charge in [0.2, 0.25) is 0 Å². The second-order valence-corrected chi connectivity index (χ2v) is 5.73. The van der Waals surface area contributed by atoms with Crippen LogP contribution in [0.15, 0.2) is 18.2 Å². The third-order valence-corrected chi connectivity index (χ3v) is 4.76. The lowest BCUT2D eigenvalue weighted by molar-refractivity contribution is 0.346. The maximum atomic E-state index is 6.38. The highest BCUT2D eigenvalue weighted by molar-refractivity contribution is 7.99. The predicted molar refractivity (Wildman–Crippen MR) is 68.0 cm³/mol. The Bertz CT molecular complexity index is 388. The van der Waals surface area contributed by atoms with Gasteiger partial charge < -0.3 is 10.5 Å². The normalized spacial score (nSPS) is 25.2. The third kappa shape index (κ3) is 1.72. The van der Waals surface area contributed by atoms with Gasteiger partial charge in [0.25, 0.3) is 0 Å². The fourth-order valence-electron chi connectivity index (χ4n) is 2.59. The first kappa shape index (κ1) is 10.5. The van der Waals surface area contributed by atoms with Gasteiger partial charge in [-0.25, -0.2) is 0 Å². The zero-order valence-electron chi connectivity index (χ0n) is 9.32. The van der Waals surface area contributed by atoms with Gasteiger partial charge in [0, 0.05) is 18.0 Å². The minimum atomic E-state index is 0.156. The Morgan fingerprint density at radius 1 is 1.44 bits per heavy atom. The monoisotopic (exact) mass is 235 g/mol. The first-order chi connectivity index (χ1) is 7.86. The van der Waals surface area contributed by atoms with Crippen molar-refractivity contribution < 1.29 is 4.74 Å². The van der Waals surface area contributed by atoms with E-state index in [1.807, 2.05) is 11.8 Å². The molecule has 1 aromatic rings. The van der Waals surface area contributed by atoms with E-state index in [0.717, 1.165) is 18.8 Å². The van der Waals surface area contributed by atoms with Gasteiger partial charge in [-0.15, -0.1) is 0 Å². The molecule has 2 heterocycles. The van der Waals surface area contributed by atoms with Crippen LogP contribution in [0.2, 0.25) is 0 Å². The van der Waals surface area contributed by atoms with Gasteiger partial charge in [0.15, 0.2) is 0 Å². The summed E-state index contributed by atoms with van der Waals surface area (Å²) in [6.07, 6.45) is 2.28. The molecular weight excluding hydrogens is 218 g/mol. The van der Waals surface area contributed by atoms with Crippen LogP contribution in [0.1, 0.15) is 23.6 Å². The van der Waals surface area contributed by atoms with E-state index in [4.69, 9.17) is 10.5 Å². The Hall–Kier alpha value is -0.670. The molecule has 0 aliphatic carbocycles. The summed E-state index contributed by atoms with van der Waals surface area (Å²) in [7, 11) is 0. The summed E-state index contributed by atoms with van der Waals surface area (Å²) in [5, 5.41) is 0. The molecule has 2 nitrogen and oxygen atoms in total. The van der Waals surface area contributed by atoms with E-state index in [2.05, 4.69) is 18.2 Å². The quantitative estimate of drug-likeness (QED) is 0.854. The highest BCUT2D eigenvalue weighted by atomic mass is 32.2. The molecule has 0 bridgehead atoms. The van der Waals surface area contributed by atoms with Crippen LogP contribution in [-0.2, 0) is 6.42 Å². The summed E-state index contributed by atoms with van der Waals surface area (Å²) >= 11 is 2.02. The molecule has 86 valence electrons. The molecule has 3 heteroatoms. The molecular formula is C13H17NOS. The Labute approximate surface area is 101 Å². The van der Waals surface area contributed by atoms with Crippen LogP contribution in [0.5, 0.6) is 5.75 Å². The first-order valence-electron chi connectivity index (χ1n) is 5.94. The van der Waals surface area contributed by atoms with Crippen molar-refractivity contribution in [2.24, 2.45) is 11.7 Å². The minimum absolute atomic E-state index is 0.156. The molecule has 2 aliphatic heterocycles. The molecule has 2 atom stereocenters. The van der Waals surface area contributed by atoms with Gasteiger partial charge in [-0.1, -0.05) is 18.2 Å². The summed E-state index contributed by atoms with van der Waals surface area (Å²) in [6.45, 7) is 0.818. The van der Waals surface area contributed by atoms with E-state index in [1.54, 1.807) is 0 Å². The number of hydrogen-bond acceptors (Lipinski definition) is 3. The van der Waals surface area contributed by atoms with Gasteiger partial charge in [-0.05, 0) is 29.4 Å². The van der Waals surface area contributed by atoms with Crippen LogP contribution in [0.3, 0.4) is 0 Å². The first-order valence-corrected chi connectivity index (χ1v) is 7.09. The van der Waals surface area contributed by atoms with E-state index < -0.39 is 0 Å². The van der Waals surface area contributed by atoms with Crippen molar-refractivity contribution >= 4 is 11.8 Å². The van der Waals surface area contributed by atoms with E-state index >= 15 is 0 Å². The average molecular weight is 235 g/mol. The standard InChI is InChI=1S/C13H17NOS/c14-12(10-5-7-16-8-10)11-3-1-2-9-4-6-15-13(9)11/h1-3,10,12H,4-8,14H2. The lowest BCUT2D eigenvalue weighted by Crippen LogP contribution is -2.21. The highest BCUT2D eigenvalue weighted by Gasteiger charge is 2.27. The molecule has 0 radical (unpaired) electrons. The maximum absolute atomic E-state index is 6.38. The van der Waals surface area contributed by atoms with Gasteiger partial charge >= 0.3 is 0 Å². The molecule has 0 aromatic heterocycles. The molecule has 3 rings (SSSR count). The molecule has 0 saturated carbocycles. The van der Waals surface area contributed by atoms with Gasteiger partial charge in [-0.3, -0.25) is 0 Å². The third-order valence-electron chi connectivity index (χ3n) is 3.58. The fraction of sp³-hybridized carbons (Fsp3) is 0.538. The number of rotatable bonds is 2. The number of ether oxygens (including phenoxy) is 1. The second kappa shape index (κ2) is 4.30. The Morgan fingerprint density at radius 3 is 3.19 bits per heavy atom. The number of para-hydroxylation sites is 1. The highest BCUT2D eigenvalue weighted by Crippen LogP contribution is 2.39. The van der Waals surface area contributed by atoms with Crippen molar-refractivity contribution in [2.45, 2.75) is 18.9 Å². The number of nitrogens with two attached hydrogens (primary N) is 1. The second-order valence-electron chi connectivity index (χ2n) is 4.58. The van der Waals surface area contributed by atoms with Crippen LogP contribution in [0.25, 0.3) is 0 Å². The predicted octanol–water partition coefficient (Wildman–Crippen LogP) is 2.37. The smallest absolute Gasteiger partial charge is 0.127 e. The van der Waals surface area contributed by atoms with Crippen LogP contribution in [0, 0.1) is 5.92 Å². The van der Waals surface area contributed by atoms with Gasteiger partial charge in [0.1, 0.15) is 5.75 Å². The Balaban J connectivity index is 1.91. The van der Waals surface area contributed by atoms with Crippen LogP contribution < -0.4 is 10.5 Å². The molecule has 0 spiro atoms. The van der Waals surface area contributed by atoms with Crippen LogP contribution in [0.4, 0.5) is 0 Å². The molecule has 0 amide bonds. The van der Waals surface area contributed by atoms with Crippen LogP contribution in [-0.4, -0.2) is 18.1 Å². The topological polar surface area (TPSA) is 35.2 Å². The average Bonchev–Trinajstić information content (AvgIpc) is 2.98. The summed E-state index contributed by atoms with van der Waals surface area (Å²) in [6, 6.07) is 6.56. The largest absolute Gasteiger partial charge is 0.493 e. The summed E-state index contributed by atoms with van der Waals surface area (Å²) in [5.74, 6) is 4.16. The summed E-state index contributed by atoms with van der Waals surface area (Å²) in [5.41, 5.74) is 8.94. The molecule has 16 heavy (non-hydrogen) atoms. The summed E-state index contributed by atoms with van der Waals surface area (Å²) in [4.78, 5) is 0. The molecule has 1 fully saturated rings. The lowest BCUT2D eigenvalue weighted by Gasteiger charge is -2.20. The molecule has 2 N–H and O–H groups in total. The van der Waals surface area contributed by atoms with Crippen molar-refractivity contribution in [1.29, 1.82) is 0 Å². The van der Waals surface area contributed by atoms with Crippen molar-refractivity contribution in [2.75, 3.05) is 18.1 Å². The van der Waals surface area contributed by atoms with Gasteiger partial charge in [-0.2, -0.15) is 11.8 Å². The fourth-order valence-corrected chi connectivity index (χ4v) is 3.91. The lowest BCUT2D eigenvalue weighted by atomic mass is 9.91. The van der Waals surface area contributed by atoms with E-state index in [9.17, 15) is 0 Å². The number of thioether (sulfide) groups is 1. The summed E-state index contributed by atoms with van der Waals surface area (Å²) < 4.78 is 5.72. The maximum Gasteiger partial charge on any atom is 0.127 e. The minimum Gasteiger partial charge on any atom is -0.493 e. The van der Waals surface area contributed by atoms with Crippen molar-refractivity contribution in [1.82, 2.24) is 0 Å². The van der Waals surface area contributed by atoms with Crippen LogP contribution >= 0.6 is 11.8 Å². The SMILES string of the molecule is NC(c1cccc2c1OCC2)C1CCSC1. The van der Waals surface area contributed by atoms with Crippen molar-refractivity contribution in [3.8, 4) is 5.75 Å². The number of fused-ring (bicyclic) bond motifs is 1. The number of benzene rings is 1. The molecule has 1 aromatic carbocycles. The van der Waals surface area contributed by atoms with E-state index in [1.165, 1.54) is 29.1 Å². The Kier molecular flexibility index (Phi) is 2.82. The molecule has 2 aliphatic rings. The van der Waals surface area contributed by atoms with Crippen molar-refractivity contribution in [3.63, 3.8) is 0 Å². The zero-order chi connectivity index (χ0) is 11.0. The van der Waals surface area contributed by atoms with Gasteiger partial charge in [0.05, 0.1) is 6.61 Å². The number of hydrogen-bond donors (Lipinski definition) is 1. The molecule has 1 saturated heterocycles. The Morgan fingerprint density at radius 2 is 2.38 bits per heavy atom.